The van der Waals surface area contributed by atoms with E-state index >= 15 is 0 Å². The van der Waals surface area contributed by atoms with Crippen molar-refractivity contribution < 1.29 is 5.11 Å². The molecule has 0 spiro atoms. The van der Waals surface area contributed by atoms with E-state index in [1.54, 1.807) is 6.20 Å². The zero-order valence-corrected chi connectivity index (χ0v) is 16.1. The first-order valence-electron chi connectivity index (χ1n) is 10.1. The molecule has 2 atom stereocenters. The van der Waals surface area contributed by atoms with Gasteiger partial charge in [-0.05, 0) is 19.8 Å². The second-order valence-corrected chi connectivity index (χ2v) is 7.77. The summed E-state index contributed by atoms with van der Waals surface area (Å²) in [6.07, 6.45) is 8.17. The zero-order valence-electron chi connectivity index (χ0n) is 16.1. The maximum atomic E-state index is 10.6. The Hall–Kier alpha value is -2.52. The number of aliphatic hydroxyl groups excluding tert-OH is 1. The summed E-state index contributed by atoms with van der Waals surface area (Å²) in [6.45, 7) is 4.74. The van der Waals surface area contributed by atoms with E-state index in [1.165, 1.54) is 0 Å². The summed E-state index contributed by atoms with van der Waals surface area (Å²) >= 11 is 0. The van der Waals surface area contributed by atoms with E-state index in [9.17, 15) is 5.11 Å². The van der Waals surface area contributed by atoms with Gasteiger partial charge in [0.05, 0.1) is 23.9 Å². The molecule has 1 aliphatic heterocycles. The van der Waals surface area contributed by atoms with E-state index in [0.717, 1.165) is 80.3 Å². The van der Waals surface area contributed by atoms with Crippen LogP contribution in [0.5, 0.6) is 0 Å². The van der Waals surface area contributed by atoms with E-state index in [0.29, 0.717) is 5.82 Å². The second kappa shape index (κ2) is 7.14. The van der Waals surface area contributed by atoms with Crippen molar-refractivity contribution in [3.63, 3.8) is 0 Å². The van der Waals surface area contributed by atoms with Crippen molar-refractivity contribution in [2.24, 2.45) is 0 Å². The third-order valence-electron chi connectivity index (χ3n) is 5.85. The predicted octanol–water partition coefficient (Wildman–Crippen LogP) is 1.46. The normalized spacial score (nSPS) is 22.8. The maximum absolute atomic E-state index is 10.6. The van der Waals surface area contributed by atoms with Crippen molar-refractivity contribution >= 4 is 0 Å². The SMILES string of the molecule is Cc1[nH]ncc1-c1nc(-c2cn3c(n2)CCNCC3)n([C@@H]2CCCC[C@H]2O)n1. The fourth-order valence-electron chi connectivity index (χ4n) is 4.28. The molecule has 1 saturated carbocycles. The Bertz CT molecular complexity index is 947. The number of nitrogens with zero attached hydrogens (tertiary/aromatic N) is 6. The van der Waals surface area contributed by atoms with Gasteiger partial charge in [0.15, 0.2) is 11.6 Å². The number of fused-ring (bicyclic) bond motifs is 1. The molecular weight excluding hydrogens is 356 g/mol. The van der Waals surface area contributed by atoms with Crippen LogP contribution in [0, 0.1) is 6.92 Å². The van der Waals surface area contributed by atoms with Crippen molar-refractivity contribution in [2.75, 3.05) is 13.1 Å². The highest BCUT2D eigenvalue weighted by Crippen LogP contribution is 2.33. The highest BCUT2D eigenvalue weighted by molar-refractivity contribution is 5.60. The van der Waals surface area contributed by atoms with E-state index in [-0.39, 0.29) is 6.04 Å². The average molecular weight is 382 g/mol. The second-order valence-electron chi connectivity index (χ2n) is 7.77. The molecule has 0 radical (unpaired) electrons. The largest absolute Gasteiger partial charge is 0.391 e. The third kappa shape index (κ3) is 3.04. The summed E-state index contributed by atoms with van der Waals surface area (Å²) in [5.74, 6) is 2.43. The number of aryl methyl sites for hydroxylation is 1. The maximum Gasteiger partial charge on any atom is 0.185 e. The van der Waals surface area contributed by atoms with Crippen molar-refractivity contribution in [2.45, 2.75) is 57.7 Å². The van der Waals surface area contributed by atoms with Gasteiger partial charge in [-0.15, -0.1) is 5.10 Å². The highest BCUT2D eigenvalue weighted by atomic mass is 16.3. The number of hydrogen-bond acceptors (Lipinski definition) is 6. The molecule has 1 fully saturated rings. The molecule has 28 heavy (non-hydrogen) atoms. The lowest BCUT2D eigenvalue weighted by Crippen LogP contribution is -2.29. The Kier molecular flexibility index (Phi) is 4.48. The van der Waals surface area contributed by atoms with Crippen molar-refractivity contribution in [3.05, 3.63) is 23.9 Å². The Balaban J connectivity index is 1.61. The third-order valence-corrected chi connectivity index (χ3v) is 5.85. The summed E-state index contributed by atoms with van der Waals surface area (Å²) in [5, 5.41) is 25.9. The average Bonchev–Trinajstić information content (AvgIpc) is 3.37. The molecule has 0 amide bonds. The van der Waals surface area contributed by atoms with Crippen LogP contribution in [-0.2, 0) is 13.0 Å². The molecule has 3 aromatic heterocycles. The Labute approximate surface area is 163 Å². The molecule has 1 aliphatic carbocycles. The molecule has 5 rings (SSSR count). The monoisotopic (exact) mass is 382 g/mol. The van der Waals surface area contributed by atoms with Gasteiger partial charge in [0, 0.05) is 37.9 Å². The van der Waals surface area contributed by atoms with E-state index in [2.05, 4.69) is 26.3 Å². The van der Waals surface area contributed by atoms with Crippen molar-refractivity contribution in [3.8, 4) is 22.9 Å². The number of aliphatic hydroxyl groups is 1. The lowest BCUT2D eigenvalue weighted by atomic mass is 9.92. The Morgan fingerprint density at radius 3 is 2.89 bits per heavy atom. The summed E-state index contributed by atoms with van der Waals surface area (Å²) < 4.78 is 4.11. The number of aromatic amines is 1. The molecule has 9 nitrogen and oxygen atoms in total. The zero-order chi connectivity index (χ0) is 19.1. The number of imidazole rings is 1. The molecule has 0 aromatic carbocycles. The quantitative estimate of drug-likeness (QED) is 0.633. The van der Waals surface area contributed by atoms with Crippen molar-refractivity contribution in [1.29, 1.82) is 0 Å². The lowest BCUT2D eigenvalue weighted by molar-refractivity contribution is 0.0702. The van der Waals surface area contributed by atoms with Gasteiger partial charge in [-0.3, -0.25) is 5.10 Å². The van der Waals surface area contributed by atoms with E-state index in [1.807, 2.05) is 11.6 Å². The predicted molar refractivity (Wildman–Crippen MR) is 104 cm³/mol. The lowest BCUT2D eigenvalue weighted by Gasteiger charge is -2.28. The number of nitrogens with one attached hydrogen (secondary N) is 2. The first-order valence-corrected chi connectivity index (χ1v) is 10.1. The summed E-state index contributed by atoms with van der Waals surface area (Å²) in [7, 11) is 0. The van der Waals surface area contributed by atoms with Crippen LogP contribution in [0.4, 0.5) is 0 Å². The van der Waals surface area contributed by atoms with Crippen LogP contribution in [0.3, 0.4) is 0 Å². The topological polar surface area (TPSA) is 109 Å². The Morgan fingerprint density at radius 1 is 1.18 bits per heavy atom. The first kappa shape index (κ1) is 17.6. The van der Waals surface area contributed by atoms with E-state index < -0.39 is 6.10 Å². The van der Waals surface area contributed by atoms with E-state index in [4.69, 9.17) is 15.1 Å². The van der Waals surface area contributed by atoms with Gasteiger partial charge >= 0.3 is 0 Å². The molecule has 0 unspecified atom stereocenters. The highest BCUT2D eigenvalue weighted by Gasteiger charge is 2.30. The van der Waals surface area contributed by atoms with Gasteiger partial charge in [0.25, 0.3) is 0 Å². The van der Waals surface area contributed by atoms with Crippen LogP contribution in [0.25, 0.3) is 22.9 Å². The van der Waals surface area contributed by atoms with Crippen LogP contribution in [0.2, 0.25) is 0 Å². The standard InChI is InChI=1S/C19H26N8O/c1-12-13(10-21-24-12)18-23-19(27(25-18)15-4-2-3-5-16(15)28)14-11-26-9-8-20-7-6-17(26)22-14/h10-11,15-16,20,28H,2-9H2,1H3,(H,21,24)/t15-,16-/m1/s1. The number of hydrogen-bond donors (Lipinski definition) is 3. The van der Waals surface area contributed by atoms with Crippen LogP contribution >= 0.6 is 0 Å². The van der Waals surface area contributed by atoms with Crippen molar-refractivity contribution in [1.82, 2.24) is 39.8 Å². The fourth-order valence-corrected chi connectivity index (χ4v) is 4.28. The van der Waals surface area contributed by atoms with Gasteiger partial charge in [0.1, 0.15) is 11.5 Å². The number of rotatable bonds is 3. The number of aromatic nitrogens is 7. The summed E-state index contributed by atoms with van der Waals surface area (Å²) in [6, 6.07) is -0.0691. The minimum absolute atomic E-state index is 0.0691. The minimum Gasteiger partial charge on any atom is -0.391 e. The molecular formula is C19H26N8O. The number of H-pyrrole nitrogens is 1. The van der Waals surface area contributed by atoms with Gasteiger partial charge in [-0.2, -0.15) is 5.10 Å². The van der Waals surface area contributed by atoms with Gasteiger partial charge < -0.3 is 15.0 Å². The van der Waals surface area contributed by atoms with Gasteiger partial charge in [0.2, 0.25) is 0 Å². The van der Waals surface area contributed by atoms with Crippen LogP contribution in [0.1, 0.15) is 43.2 Å². The van der Waals surface area contributed by atoms with Crippen LogP contribution in [0.15, 0.2) is 12.4 Å². The van der Waals surface area contributed by atoms with Crippen LogP contribution < -0.4 is 5.32 Å². The molecule has 3 N–H and O–H groups in total. The molecule has 2 aliphatic rings. The fraction of sp³-hybridized carbons (Fsp3) is 0.579. The molecule has 3 aromatic rings. The smallest absolute Gasteiger partial charge is 0.185 e. The summed E-state index contributed by atoms with van der Waals surface area (Å²) in [5.41, 5.74) is 2.64. The summed E-state index contributed by atoms with van der Waals surface area (Å²) in [4.78, 5) is 9.72. The molecule has 9 heteroatoms. The van der Waals surface area contributed by atoms with Crippen LogP contribution in [-0.4, -0.2) is 58.8 Å². The molecule has 0 saturated heterocycles. The molecule has 0 bridgehead atoms. The molecule has 148 valence electrons. The minimum atomic E-state index is -0.405. The first-order chi connectivity index (χ1) is 13.7. The van der Waals surface area contributed by atoms with Gasteiger partial charge in [-0.1, -0.05) is 12.8 Å². The molecule has 4 heterocycles. The van der Waals surface area contributed by atoms with Gasteiger partial charge in [-0.25, -0.2) is 14.6 Å². The Morgan fingerprint density at radius 2 is 2.07 bits per heavy atom.